The zero-order valence-corrected chi connectivity index (χ0v) is 18.1. The Kier molecular flexibility index (Phi) is 5.65. The highest BCUT2D eigenvalue weighted by Crippen LogP contribution is 2.30. The first-order valence-corrected chi connectivity index (χ1v) is 10.6. The van der Waals surface area contributed by atoms with E-state index in [0.29, 0.717) is 19.8 Å². The van der Waals surface area contributed by atoms with Crippen molar-refractivity contribution in [2.24, 2.45) is 0 Å². The molecule has 1 unspecified atom stereocenters. The van der Waals surface area contributed by atoms with E-state index < -0.39 is 5.54 Å². The smallest absolute Gasteiger partial charge is 0.329 e. The number of hydrogen-bond acceptors (Lipinski definition) is 3. The van der Waals surface area contributed by atoms with Crippen molar-refractivity contribution >= 4 is 22.7 Å². The number of amides is 3. The summed E-state index contributed by atoms with van der Waals surface area (Å²) >= 11 is 0. The van der Waals surface area contributed by atoms with Crippen molar-refractivity contribution in [3.63, 3.8) is 0 Å². The van der Waals surface area contributed by atoms with E-state index in [1.54, 1.807) is 6.92 Å². The molecule has 0 spiro atoms. The molecule has 1 aliphatic rings. The monoisotopic (exact) mass is 418 g/mol. The summed E-state index contributed by atoms with van der Waals surface area (Å²) in [6.45, 7) is 5.35. The van der Waals surface area contributed by atoms with Crippen LogP contribution in [0, 0.1) is 0 Å². The molecule has 1 fully saturated rings. The normalized spacial score (nSPS) is 19.5. The van der Waals surface area contributed by atoms with Crippen molar-refractivity contribution in [1.82, 2.24) is 10.2 Å². The van der Waals surface area contributed by atoms with Crippen molar-refractivity contribution in [2.75, 3.05) is 20.3 Å². The maximum absolute atomic E-state index is 13.3. The Balaban J connectivity index is 1.48. The molecule has 6 heteroatoms. The number of quaternary nitrogens is 1. The lowest BCUT2D eigenvalue weighted by Crippen LogP contribution is -3.09. The number of imide groups is 1. The summed E-state index contributed by atoms with van der Waals surface area (Å²) in [6, 6.07) is 21.4. The molecule has 0 aromatic heterocycles. The zero-order chi connectivity index (χ0) is 22.0. The van der Waals surface area contributed by atoms with Crippen molar-refractivity contribution in [2.45, 2.75) is 25.9 Å². The highest BCUT2D eigenvalue weighted by atomic mass is 16.5. The van der Waals surface area contributed by atoms with Gasteiger partial charge in [0.25, 0.3) is 5.91 Å². The van der Waals surface area contributed by atoms with Gasteiger partial charge in [-0.2, -0.15) is 0 Å². The summed E-state index contributed by atoms with van der Waals surface area (Å²) in [5.74, 6) is 0.614. The first-order chi connectivity index (χ1) is 14.9. The van der Waals surface area contributed by atoms with Crippen LogP contribution in [0.15, 0.2) is 66.7 Å². The minimum Gasteiger partial charge on any atom is -0.494 e. The van der Waals surface area contributed by atoms with Gasteiger partial charge in [-0.3, -0.25) is 4.79 Å². The van der Waals surface area contributed by atoms with Crippen LogP contribution in [0.1, 0.15) is 25.0 Å². The lowest BCUT2D eigenvalue weighted by atomic mass is 9.90. The molecule has 3 amide bonds. The standard InChI is InChI=1S/C25H27N3O3/c1-4-31-22-13-9-18(10-14-22)16-27(3)17-28-23(29)25(2,26-24(28)30)21-12-11-19-7-5-6-8-20(19)15-21/h5-15H,4,16-17H2,1-3H3,(H,26,30)/p+1/t25-/m0/s1. The summed E-state index contributed by atoms with van der Waals surface area (Å²) in [7, 11) is 1.97. The van der Waals surface area contributed by atoms with Crippen LogP contribution in [-0.4, -0.2) is 37.2 Å². The van der Waals surface area contributed by atoms with Crippen LogP contribution in [0.2, 0.25) is 0 Å². The number of rotatable bonds is 7. The molecule has 2 N–H and O–H groups in total. The summed E-state index contributed by atoms with van der Waals surface area (Å²) in [5, 5.41) is 5.05. The quantitative estimate of drug-likeness (QED) is 0.580. The lowest BCUT2D eigenvalue weighted by Gasteiger charge is -2.23. The molecule has 1 aliphatic heterocycles. The van der Waals surface area contributed by atoms with Gasteiger partial charge in [-0.05, 0) is 60.5 Å². The van der Waals surface area contributed by atoms with Crippen molar-refractivity contribution in [3.05, 3.63) is 77.9 Å². The molecule has 2 atom stereocenters. The van der Waals surface area contributed by atoms with E-state index in [2.05, 4.69) is 5.32 Å². The topological polar surface area (TPSA) is 63.1 Å². The van der Waals surface area contributed by atoms with Gasteiger partial charge in [-0.25, -0.2) is 9.69 Å². The van der Waals surface area contributed by atoms with E-state index in [-0.39, 0.29) is 11.9 Å². The molecule has 160 valence electrons. The average molecular weight is 419 g/mol. The van der Waals surface area contributed by atoms with Crippen LogP contribution < -0.4 is 15.0 Å². The summed E-state index contributed by atoms with van der Waals surface area (Å²) in [4.78, 5) is 28.4. The highest BCUT2D eigenvalue weighted by Gasteiger charge is 2.50. The Labute approximate surface area is 182 Å². The molecule has 0 radical (unpaired) electrons. The van der Waals surface area contributed by atoms with Crippen LogP contribution in [0.25, 0.3) is 10.8 Å². The second kappa shape index (κ2) is 8.40. The molecule has 3 aromatic rings. The zero-order valence-electron chi connectivity index (χ0n) is 18.1. The molecule has 1 heterocycles. The van der Waals surface area contributed by atoms with E-state index in [1.165, 1.54) is 4.90 Å². The SMILES string of the molecule is CCOc1ccc(C[NH+](C)CN2C(=O)N[C@@](C)(c3ccc4ccccc4c3)C2=O)cc1. The average Bonchev–Trinajstić information content (AvgIpc) is 2.99. The third kappa shape index (κ3) is 4.11. The molecule has 0 saturated carbocycles. The summed E-state index contributed by atoms with van der Waals surface area (Å²) < 4.78 is 5.48. The summed E-state index contributed by atoms with van der Waals surface area (Å²) in [5.41, 5.74) is 0.835. The Morgan fingerprint density at radius 1 is 1.00 bits per heavy atom. The largest absolute Gasteiger partial charge is 0.494 e. The molecule has 3 aromatic carbocycles. The first kappa shape index (κ1) is 20.9. The second-order valence-electron chi connectivity index (χ2n) is 8.22. The Morgan fingerprint density at radius 3 is 2.42 bits per heavy atom. The van der Waals surface area contributed by atoms with Gasteiger partial charge in [0.05, 0.1) is 13.7 Å². The van der Waals surface area contributed by atoms with E-state index in [1.807, 2.05) is 80.7 Å². The molecular weight excluding hydrogens is 390 g/mol. The Hall–Kier alpha value is -3.38. The molecular formula is C25H28N3O3+. The van der Waals surface area contributed by atoms with Gasteiger partial charge in [-0.1, -0.05) is 36.4 Å². The van der Waals surface area contributed by atoms with E-state index in [0.717, 1.165) is 32.5 Å². The number of carbonyl (C=O) groups is 2. The van der Waals surface area contributed by atoms with Gasteiger partial charge in [-0.15, -0.1) is 0 Å². The molecule has 0 bridgehead atoms. The number of hydrogen-bond donors (Lipinski definition) is 2. The van der Waals surface area contributed by atoms with Gasteiger partial charge in [0.15, 0.2) is 6.67 Å². The van der Waals surface area contributed by atoms with Gasteiger partial charge in [0, 0.05) is 5.56 Å². The number of nitrogens with one attached hydrogen (secondary N) is 2. The Morgan fingerprint density at radius 2 is 1.71 bits per heavy atom. The van der Waals surface area contributed by atoms with Crippen LogP contribution in [0.5, 0.6) is 5.75 Å². The van der Waals surface area contributed by atoms with Crippen molar-refractivity contribution < 1.29 is 19.2 Å². The minimum atomic E-state index is -1.07. The molecule has 4 rings (SSSR count). The second-order valence-corrected chi connectivity index (χ2v) is 8.22. The van der Waals surface area contributed by atoms with Crippen molar-refractivity contribution in [1.29, 1.82) is 0 Å². The summed E-state index contributed by atoms with van der Waals surface area (Å²) in [6.07, 6.45) is 0. The first-order valence-electron chi connectivity index (χ1n) is 10.6. The number of carbonyl (C=O) groups excluding carboxylic acids is 2. The number of ether oxygens (including phenoxy) is 1. The van der Waals surface area contributed by atoms with Crippen LogP contribution in [0.3, 0.4) is 0 Å². The fourth-order valence-electron chi connectivity index (χ4n) is 4.08. The molecule has 31 heavy (non-hydrogen) atoms. The molecule has 6 nitrogen and oxygen atoms in total. The van der Waals surface area contributed by atoms with E-state index in [4.69, 9.17) is 4.74 Å². The fraction of sp³-hybridized carbons (Fsp3) is 0.280. The fourth-order valence-corrected chi connectivity index (χ4v) is 4.08. The van der Waals surface area contributed by atoms with Gasteiger partial charge in [0.1, 0.15) is 17.8 Å². The predicted molar refractivity (Wildman–Crippen MR) is 120 cm³/mol. The third-order valence-corrected chi connectivity index (χ3v) is 5.77. The number of urea groups is 1. The third-order valence-electron chi connectivity index (χ3n) is 5.77. The van der Waals surface area contributed by atoms with Gasteiger partial charge < -0.3 is 15.0 Å². The molecule has 0 aliphatic carbocycles. The van der Waals surface area contributed by atoms with Crippen LogP contribution >= 0.6 is 0 Å². The maximum Gasteiger partial charge on any atom is 0.329 e. The molecule has 1 saturated heterocycles. The van der Waals surface area contributed by atoms with Crippen LogP contribution in [-0.2, 0) is 16.9 Å². The number of fused-ring (bicyclic) bond motifs is 1. The van der Waals surface area contributed by atoms with Gasteiger partial charge >= 0.3 is 6.03 Å². The van der Waals surface area contributed by atoms with E-state index in [9.17, 15) is 9.59 Å². The van der Waals surface area contributed by atoms with Gasteiger partial charge in [0.2, 0.25) is 0 Å². The predicted octanol–water partition coefficient (Wildman–Crippen LogP) is 2.68. The van der Waals surface area contributed by atoms with Crippen LogP contribution in [0.4, 0.5) is 4.79 Å². The lowest BCUT2D eigenvalue weighted by molar-refractivity contribution is -0.901. The number of nitrogens with zero attached hydrogens (tertiary/aromatic N) is 1. The van der Waals surface area contributed by atoms with Crippen molar-refractivity contribution in [3.8, 4) is 5.75 Å². The minimum absolute atomic E-state index is 0.223. The van der Waals surface area contributed by atoms with E-state index >= 15 is 0 Å². The highest BCUT2D eigenvalue weighted by molar-refractivity contribution is 6.07. The number of benzene rings is 3. The maximum atomic E-state index is 13.3. The Bertz CT molecular complexity index is 1110.